The van der Waals surface area contributed by atoms with Crippen molar-refractivity contribution >= 4 is 5.91 Å². The van der Waals surface area contributed by atoms with Gasteiger partial charge in [0.1, 0.15) is 11.5 Å². The lowest BCUT2D eigenvalue weighted by Gasteiger charge is -2.44. The van der Waals surface area contributed by atoms with E-state index in [-0.39, 0.29) is 37.6 Å². The van der Waals surface area contributed by atoms with Gasteiger partial charge < -0.3 is 24.6 Å². The van der Waals surface area contributed by atoms with Crippen LogP contribution in [0.2, 0.25) is 0 Å². The molecule has 1 aliphatic rings. The number of amides is 1. The number of methoxy groups -OCH3 is 2. The standard InChI is InChI=1S/C31H38N2O5/c1-37-28-12-8-26(9-13-28)31(27-10-14-29(38-2)15-11-27)16-3-17-32(23-31)22-24-4-6-25(7-5-24)30(36)33(18-20-34)19-21-35/h4-15,34-35H,3,16-23H2,1-2H3. The summed E-state index contributed by atoms with van der Waals surface area (Å²) in [6.07, 6.45) is 2.10. The molecule has 1 saturated heterocycles. The van der Waals surface area contributed by atoms with E-state index in [0.29, 0.717) is 5.56 Å². The Bertz CT molecular complexity index is 1110. The van der Waals surface area contributed by atoms with E-state index in [4.69, 9.17) is 9.47 Å². The maximum Gasteiger partial charge on any atom is 0.254 e. The van der Waals surface area contributed by atoms with Crippen LogP contribution < -0.4 is 9.47 Å². The predicted octanol–water partition coefficient (Wildman–Crippen LogP) is 3.71. The molecule has 1 amide bonds. The van der Waals surface area contributed by atoms with Crippen molar-refractivity contribution in [2.45, 2.75) is 24.8 Å². The molecular weight excluding hydrogens is 480 g/mol. The van der Waals surface area contributed by atoms with Crippen LogP contribution in [0.15, 0.2) is 72.8 Å². The largest absolute Gasteiger partial charge is 0.497 e. The average Bonchev–Trinajstić information content (AvgIpc) is 2.97. The minimum absolute atomic E-state index is 0.136. The molecule has 1 aliphatic heterocycles. The van der Waals surface area contributed by atoms with Gasteiger partial charge in [-0.3, -0.25) is 9.69 Å². The van der Waals surface area contributed by atoms with Crippen molar-refractivity contribution in [3.05, 3.63) is 95.1 Å². The van der Waals surface area contributed by atoms with Crippen LogP contribution in [-0.4, -0.2) is 79.5 Å². The summed E-state index contributed by atoms with van der Waals surface area (Å²) < 4.78 is 10.8. The first-order valence-corrected chi connectivity index (χ1v) is 13.1. The van der Waals surface area contributed by atoms with Gasteiger partial charge >= 0.3 is 0 Å². The van der Waals surface area contributed by atoms with Crippen LogP contribution in [-0.2, 0) is 12.0 Å². The lowest BCUT2D eigenvalue weighted by Crippen LogP contribution is -2.46. The summed E-state index contributed by atoms with van der Waals surface area (Å²) in [6, 6.07) is 24.5. The van der Waals surface area contributed by atoms with Gasteiger partial charge in [-0.15, -0.1) is 0 Å². The number of piperidine rings is 1. The van der Waals surface area contributed by atoms with Gasteiger partial charge in [0.15, 0.2) is 0 Å². The predicted molar refractivity (Wildman–Crippen MR) is 148 cm³/mol. The molecule has 0 radical (unpaired) electrons. The Labute approximate surface area is 225 Å². The van der Waals surface area contributed by atoms with Crippen molar-refractivity contribution in [1.82, 2.24) is 9.80 Å². The van der Waals surface area contributed by atoms with Crippen LogP contribution in [0.3, 0.4) is 0 Å². The fourth-order valence-corrected chi connectivity index (χ4v) is 5.49. The Kier molecular flexibility index (Phi) is 9.39. The van der Waals surface area contributed by atoms with E-state index in [2.05, 4.69) is 29.2 Å². The Morgan fingerprint density at radius 2 is 1.37 bits per heavy atom. The van der Waals surface area contributed by atoms with Crippen molar-refractivity contribution in [2.24, 2.45) is 0 Å². The van der Waals surface area contributed by atoms with Gasteiger partial charge in [0, 0.05) is 37.2 Å². The second-order valence-corrected chi connectivity index (χ2v) is 9.79. The lowest BCUT2D eigenvalue weighted by atomic mass is 9.69. The zero-order chi connectivity index (χ0) is 27.0. The summed E-state index contributed by atoms with van der Waals surface area (Å²) in [7, 11) is 3.37. The molecule has 0 aliphatic carbocycles. The number of nitrogens with zero attached hydrogens (tertiary/aromatic N) is 2. The van der Waals surface area contributed by atoms with Crippen molar-refractivity contribution in [2.75, 3.05) is 53.6 Å². The zero-order valence-electron chi connectivity index (χ0n) is 22.3. The van der Waals surface area contributed by atoms with Crippen molar-refractivity contribution in [3.8, 4) is 11.5 Å². The highest BCUT2D eigenvalue weighted by atomic mass is 16.5. The first-order valence-electron chi connectivity index (χ1n) is 13.1. The van der Waals surface area contributed by atoms with E-state index in [9.17, 15) is 15.0 Å². The monoisotopic (exact) mass is 518 g/mol. The van der Waals surface area contributed by atoms with Crippen LogP contribution in [0.4, 0.5) is 0 Å². The second-order valence-electron chi connectivity index (χ2n) is 9.79. The molecule has 38 heavy (non-hydrogen) atoms. The molecule has 0 saturated carbocycles. The molecule has 3 aromatic rings. The smallest absolute Gasteiger partial charge is 0.254 e. The quantitative estimate of drug-likeness (QED) is 0.403. The molecule has 3 aromatic carbocycles. The number of aliphatic hydroxyl groups excluding tert-OH is 2. The molecule has 7 nitrogen and oxygen atoms in total. The summed E-state index contributed by atoms with van der Waals surface area (Å²) in [4.78, 5) is 16.7. The molecular formula is C31H38N2O5. The minimum Gasteiger partial charge on any atom is -0.497 e. The molecule has 0 unspecified atom stereocenters. The number of carbonyl (C=O) groups is 1. The fraction of sp³-hybridized carbons (Fsp3) is 0.387. The van der Waals surface area contributed by atoms with E-state index in [1.165, 1.54) is 16.0 Å². The number of likely N-dealkylation sites (tertiary alicyclic amines) is 1. The molecule has 0 aromatic heterocycles. The number of benzene rings is 3. The third kappa shape index (κ3) is 6.18. The molecule has 2 N–H and O–H groups in total. The molecule has 0 spiro atoms. The van der Waals surface area contributed by atoms with E-state index in [1.54, 1.807) is 14.2 Å². The lowest BCUT2D eigenvalue weighted by molar-refractivity contribution is 0.0685. The summed E-state index contributed by atoms with van der Waals surface area (Å²) in [5.74, 6) is 1.51. The summed E-state index contributed by atoms with van der Waals surface area (Å²) >= 11 is 0. The SMILES string of the molecule is COc1ccc(C2(c3ccc(OC)cc3)CCCN(Cc3ccc(C(=O)N(CCO)CCO)cc3)C2)cc1. The number of ether oxygens (including phenoxy) is 2. The van der Waals surface area contributed by atoms with Crippen molar-refractivity contribution in [1.29, 1.82) is 0 Å². The molecule has 0 atom stereocenters. The Hall–Kier alpha value is -3.39. The van der Waals surface area contributed by atoms with Crippen LogP contribution in [0.25, 0.3) is 0 Å². The van der Waals surface area contributed by atoms with Crippen LogP contribution in [0.5, 0.6) is 11.5 Å². The third-order valence-corrected chi connectivity index (χ3v) is 7.49. The highest BCUT2D eigenvalue weighted by Crippen LogP contribution is 2.41. The highest BCUT2D eigenvalue weighted by molar-refractivity contribution is 5.94. The molecule has 0 bridgehead atoms. The van der Waals surface area contributed by atoms with Crippen LogP contribution >= 0.6 is 0 Å². The Morgan fingerprint density at radius 3 is 1.84 bits per heavy atom. The topological polar surface area (TPSA) is 82.5 Å². The number of carbonyl (C=O) groups excluding carboxylic acids is 1. The maximum absolute atomic E-state index is 12.8. The van der Waals surface area contributed by atoms with Gasteiger partial charge in [-0.05, 0) is 72.5 Å². The van der Waals surface area contributed by atoms with Crippen LogP contribution in [0, 0.1) is 0 Å². The van der Waals surface area contributed by atoms with Gasteiger partial charge in [0.2, 0.25) is 0 Å². The van der Waals surface area contributed by atoms with E-state index < -0.39 is 0 Å². The molecule has 1 fully saturated rings. The normalized spacial score (nSPS) is 15.2. The Balaban J connectivity index is 1.56. The average molecular weight is 519 g/mol. The Morgan fingerprint density at radius 1 is 0.842 bits per heavy atom. The maximum atomic E-state index is 12.8. The number of hydrogen-bond acceptors (Lipinski definition) is 6. The fourth-order valence-electron chi connectivity index (χ4n) is 5.49. The molecule has 202 valence electrons. The van der Waals surface area contributed by atoms with Gasteiger partial charge in [-0.25, -0.2) is 0 Å². The summed E-state index contributed by atoms with van der Waals surface area (Å²) in [5.41, 5.74) is 4.06. The van der Waals surface area contributed by atoms with Gasteiger partial charge in [-0.1, -0.05) is 36.4 Å². The van der Waals surface area contributed by atoms with Crippen molar-refractivity contribution in [3.63, 3.8) is 0 Å². The number of hydrogen-bond donors (Lipinski definition) is 2. The van der Waals surface area contributed by atoms with E-state index in [1.807, 2.05) is 48.5 Å². The summed E-state index contributed by atoms with van der Waals surface area (Å²) in [6.45, 7) is 2.77. The van der Waals surface area contributed by atoms with Gasteiger partial charge in [-0.2, -0.15) is 0 Å². The number of rotatable bonds is 11. The molecule has 7 heteroatoms. The number of aliphatic hydroxyl groups is 2. The second kappa shape index (κ2) is 12.9. The minimum atomic E-state index is -0.185. The summed E-state index contributed by atoms with van der Waals surface area (Å²) in [5, 5.41) is 18.5. The highest BCUT2D eigenvalue weighted by Gasteiger charge is 2.38. The van der Waals surface area contributed by atoms with E-state index >= 15 is 0 Å². The van der Waals surface area contributed by atoms with Gasteiger partial charge in [0.05, 0.1) is 27.4 Å². The first-order chi connectivity index (χ1) is 18.5. The van der Waals surface area contributed by atoms with Crippen molar-refractivity contribution < 1.29 is 24.5 Å². The molecule has 4 rings (SSSR count). The van der Waals surface area contributed by atoms with E-state index in [0.717, 1.165) is 49.5 Å². The third-order valence-electron chi connectivity index (χ3n) is 7.49. The zero-order valence-corrected chi connectivity index (χ0v) is 22.3. The molecule has 1 heterocycles. The van der Waals surface area contributed by atoms with Crippen LogP contribution in [0.1, 0.15) is 39.9 Å². The first kappa shape index (κ1) is 27.6. The van der Waals surface area contributed by atoms with Gasteiger partial charge in [0.25, 0.3) is 5.91 Å².